The molecule has 94 valence electrons. The molecule has 0 radical (unpaired) electrons. The van der Waals surface area contributed by atoms with Gasteiger partial charge in [-0.2, -0.15) is 0 Å². The van der Waals surface area contributed by atoms with Gasteiger partial charge in [0.25, 0.3) is 0 Å². The monoisotopic (exact) mass is 225 g/mol. The Morgan fingerprint density at radius 2 is 1.75 bits per heavy atom. The smallest absolute Gasteiger partial charge is 0.0478 e. The maximum Gasteiger partial charge on any atom is 0.0478 e. The summed E-state index contributed by atoms with van der Waals surface area (Å²) in [7, 11) is 0. The normalized spacial score (nSPS) is 22.5. The number of ether oxygens (including phenoxy) is 1. The molecule has 0 heterocycles. The van der Waals surface area contributed by atoms with Crippen molar-refractivity contribution in [2.24, 2.45) is 5.92 Å². The zero-order valence-corrected chi connectivity index (χ0v) is 10.5. The first kappa shape index (κ1) is 12.4. The highest BCUT2D eigenvalue weighted by atomic mass is 16.5. The molecule has 2 aliphatic carbocycles. The third kappa shape index (κ3) is 4.42. The lowest BCUT2D eigenvalue weighted by atomic mass is 9.83. The molecule has 2 fully saturated rings. The molecule has 0 aliphatic heterocycles. The van der Waals surface area contributed by atoms with Gasteiger partial charge in [-0.05, 0) is 38.1 Å². The Morgan fingerprint density at radius 1 is 0.938 bits per heavy atom. The lowest BCUT2D eigenvalue weighted by Crippen LogP contribution is -2.27. The second kappa shape index (κ2) is 7.29. The molecule has 1 N–H and O–H groups in total. The van der Waals surface area contributed by atoms with Crippen LogP contribution in [0.2, 0.25) is 0 Å². The van der Waals surface area contributed by atoms with Gasteiger partial charge in [0.1, 0.15) is 0 Å². The molecule has 0 bridgehead atoms. The van der Waals surface area contributed by atoms with E-state index in [1.54, 1.807) is 0 Å². The van der Waals surface area contributed by atoms with E-state index in [0.717, 1.165) is 31.7 Å². The van der Waals surface area contributed by atoms with E-state index >= 15 is 0 Å². The second-order valence-corrected chi connectivity index (χ2v) is 5.49. The first-order valence-corrected chi connectivity index (χ1v) is 7.26. The van der Waals surface area contributed by atoms with Crippen molar-refractivity contribution in [2.45, 2.75) is 63.8 Å². The van der Waals surface area contributed by atoms with Crippen LogP contribution in [0.3, 0.4) is 0 Å². The van der Waals surface area contributed by atoms with Crippen LogP contribution in [0.15, 0.2) is 0 Å². The van der Waals surface area contributed by atoms with E-state index < -0.39 is 0 Å². The van der Waals surface area contributed by atoms with Crippen molar-refractivity contribution in [3.05, 3.63) is 0 Å². The van der Waals surface area contributed by atoms with Gasteiger partial charge in [0.2, 0.25) is 0 Å². The van der Waals surface area contributed by atoms with Gasteiger partial charge >= 0.3 is 0 Å². The number of rotatable bonds is 8. The number of hydrogen-bond acceptors (Lipinski definition) is 2. The summed E-state index contributed by atoms with van der Waals surface area (Å²) in [6.45, 7) is 3.09. The minimum atomic E-state index is 0.815. The second-order valence-electron chi connectivity index (χ2n) is 5.49. The first-order chi connectivity index (χ1) is 7.95. The Labute approximate surface area is 100 Å². The molecule has 2 aliphatic rings. The summed E-state index contributed by atoms with van der Waals surface area (Å²) in [5.74, 6) is 0.997. The van der Waals surface area contributed by atoms with Crippen LogP contribution < -0.4 is 5.32 Å². The zero-order valence-electron chi connectivity index (χ0n) is 10.5. The minimum absolute atomic E-state index is 0.815. The average Bonchev–Trinajstić information content (AvgIpc) is 2.72. The van der Waals surface area contributed by atoms with Crippen molar-refractivity contribution in [1.29, 1.82) is 0 Å². The van der Waals surface area contributed by atoms with Crippen LogP contribution in [0.5, 0.6) is 0 Å². The van der Waals surface area contributed by atoms with E-state index in [9.17, 15) is 0 Å². The third-order valence-corrected chi connectivity index (χ3v) is 4.15. The molecule has 0 saturated heterocycles. The van der Waals surface area contributed by atoms with E-state index in [-0.39, 0.29) is 0 Å². The highest BCUT2D eigenvalue weighted by Gasteiger charge is 2.16. The molecule has 16 heavy (non-hydrogen) atoms. The van der Waals surface area contributed by atoms with Gasteiger partial charge in [-0.15, -0.1) is 0 Å². The van der Waals surface area contributed by atoms with Crippen molar-refractivity contribution >= 4 is 0 Å². The summed E-state index contributed by atoms with van der Waals surface area (Å²) < 4.78 is 5.66. The SMILES string of the molecule is C(CNC1CCCC1)COCCC1CCC1. The van der Waals surface area contributed by atoms with Crippen LogP contribution >= 0.6 is 0 Å². The zero-order chi connectivity index (χ0) is 11.1. The van der Waals surface area contributed by atoms with Gasteiger partial charge in [-0.1, -0.05) is 32.1 Å². The van der Waals surface area contributed by atoms with Crippen LogP contribution in [0.4, 0.5) is 0 Å². The topological polar surface area (TPSA) is 21.3 Å². The molecule has 2 saturated carbocycles. The van der Waals surface area contributed by atoms with Gasteiger partial charge in [0.15, 0.2) is 0 Å². The molecule has 2 nitrogen and oxygen atoms in total. The quantitative estimate of drug-likeness (QED) is 0.641. The van der Waals surface area contributed by atoms with Crippen molar-refractivity contribution in [3.8, 4) is 0 Å². The van der Waals surface area contributed by atoms with Gasteiger partial charge in [0, 0.05) is 19.3 Å². The Morgan fingerprint density at radius 3 is 2.44 bits per heavy atom. The Hall–Kier alpha value is -0.0800. The third-order valence-electron chi connectivity index (χ3n) is 4.15. The molecule has 0 unspecified atom stereocenters. The molecule has 0 amide bonds. The van der Waals surface area contributed by atoms with E-state index in [1.807, 2.05) is 0 Å². The summed E-state index contributed by atoms with van der Waals surface area (Å²) in [4.78, 5) is 0. The molecule has 0 spiro atoms. The summed E-state index contributed by atoms with van der Waals surface area (Å²) in [6, 6.07) is 0.815. The highest BCUT2D eigenvalue weighted by molar-refractivity contribution is 4.73. The highest BCUT2D eigenvalue weighted by Crippen LogP contribution is 2.29. The van der Waals surface area contributed by atoms with Crippen molar-refractivity contribution in [1.82, 2.24) is 5.32 Å². The maximum atomic E-state index is 5.66. The predicted octanol–water partition coefficient (Wildman–Crippen LogP) is 3.12. The molecular weight excluding hydrogens is 198 g/mol. The number of hydrogen-bond donors (Lipinski definition) is 1. The fourth-order valence-electron chi connectivity index (χ4n) is 2.74. The standard InChI is InChI=1S/C14H27NO/c1-2-8-14(7-1)15-10-4-11-16-12-9-13-5-3-6-13/h13-15H,1-12H2. The summed E-state index contributed by atoms with van der Waals surface area (Å²) in [5.41, 5.74) is 0. The Kier molecular flexibility index (Phi) is 5.64. The minimum Gasteiger partial charge on any atom is -0.381 e. The van der Waals surface area contributed by atoms with Gasteiger partial charge in [0.05, 0.1) is 0 Å². The van der Waals surface area contributed by atoms with Crippen molar-refractivity contribution in [2.75, 3.05) is 19.8 Å². The average molecular weight is 225 g/mol. The lowest BCUT2D eigenvalue weighted by molar-refractivity contribution is 0.104. The Bertz CT molecular complexity index is 174. The summed E-state index contributed by atoms with van der Waals surface area (Å²) in [5, 5.41) is 3.62. The molecule has 0 aromatic heterocycles. The van der Waals surface area contributed by atoms with Crippen LogP contribution in [-0.4, -0.2) is 25.8 Å². The van der Waals surface area contributed by atoms with Crippen molar-refractivity contribution in [3.63, 3.8) is 0 Å². The fourth-order valence-corrected chi connectivity index (χ4v) is 2.74. The molecule has 2 rings (SSSR count). The molecule has 0 aromatic carbocycles. The summed E-state index contributed by atoms with van der Waals surface area (Å²) in [6.07, 6.45) is 12.5. The molecule has 0 atom stereocenters. The first-order valence-electron chi connectivity index (χ1n) is 7.26. The lowest BCUT2D eigenvalue weighted by Gasteiger charge is -2.24. The van der Waals surface area contributed by atoms with Gasteiger partial charge in [-0.25, -0.2) is 0 Å². The van der Waals surface area contributed by atoms with E-state index in [1.165, 1.54) is 57.8 Å². The molecule has 2 heteroatoms. The van der Waals surface area contributed by atoms with E-state index in [2.05, 4.69) is 5.32 Å². The van der Waals surface area contributed by atoms with Crippen LogP contribution in [0.1, 0.15) is 57.8 Å². The van der Waals surface area contributed by atoms with E-state index in [0.29, 0.717) is 0 Å². The van der Waals surface area contributed by atoms with Crippen LogP contribution in [0.25, 0.3) is 0 Å². The van der Waals surface area contributed by atoms with Crippen LogP contribution in [0, 0.1) is 5.92 Å². The fraction of sp³-hybridized carbons (Fsp3) is 1.00. The molecule has 0 aromatic rings. The van der Waals surface area contributed by atoms with Crippen LogP contribution in [-0.2, 0) is 4.74 Å². The largest absolute Gasteiger partial charge is 0.381 e. The van der Waals surface area contributed by atoms with Gasteiger partial charge in [-0.3, -0.25) is 0 Å². The van der Waals surface area contributed by atoms with E-state index in [4.69, 9.17) is 4.74 Å². The predicted molar refractivity (Wildman–Crippen MR) is 67.7 cm³/mol. The van der Waals surface area contributed by atoms with Crippen molar-refractivity contribution < 1.29 is 4.74 Å². The van der Waals surface area contributed by atoms with Gasteiger partial charge < -0.3 is 10.1 Å². The Balaban J connectivity index is 1.32. The summed E-state index contributed by atoms with van der Waals surface area (Å²) >= 11 is 0. The maximum absolute atomic E-state index is 5.66. The molecular formula is C14H27NO. The number of nitrogens with one attached hydrogen (secondary N) is 1.